The van der Waals surface area contributed by atoms with Gasteiger partial charge in [0, 0.05) is 17.3 Å². The molecule has 0 saturated heterocycles. The molecule has 0 bridgehead atoms. The largest absolute Gasteiger partial charge is 0.453 e. The van der Waals surface area contributed by atoms with Gasteiger partial charge in [0.1, 0.15) is 5.75 Å². The molecule has 7 heteroatoms. The van der Waals surface area contributed by atoms with Gasteiger partial charge in [0.15, 0.2) is 11.6 Å². The Balaban J connectivity index is 2.38. The summed E-state index contributed by atoms with van der Waals surface area (Å²) >= 11 is 6.18. The fourth-order valence-electron chi connectivity index (χ4n) is 2.41. The third-order valence-corrected chi connectivity index (χ3v) is 6.04. The smallest absolute Gasteiger partial charge is 0.181 e. The minimum absolute atomic E-state index is 0.0554. The summed E-state index contributed by atoms with van der Waals surface area (Å²) in [4.78, 5) is 0. The Kier molecular flexibility index (Phi) is 6.89. The molecule has 0 unspecified atom stereocenters. The van der Waals surface area contributed by atoms with E-state index in [0.29, 0.717) is 23.4 Å². The highest BCUT2D eigenvalue weighted by molar-refractivity contribution is 7.84. The minimum atomic E-state index is -1.34. The normalized spacial score (nSPS) is 14.0. The first-order valence-electron chi connectivity index (χ1n) is 8.74. The van der Waals surface area contributed by atoms with Crippen LogP contribution in [0.25, 0.3) is 0 Å². The predicted octanol–water partition coefficient (Wildman–Crippen LogP) is 5.66. The summed E-state index contributed by atoms with van der Waals surface area (Å²) in [6, 6.07) is 7.84. The van der Waals surface area contributed by atoms with E-state index in [0.717, 1.165) is 5.56 Å². The molecule has 2 aromatic rings. The average Bonchev–Trinajstić information content (AvgIpc) is 2.59. The molecule has 0 saturated carbocycles. The van der Waals surface area contributed by atoms with Crippen LogP contribution in [0.5, 0.6) is 11.5 Å². The highest BCUT2D eigenvalue weighted by atomic mass is 35.5. The Morgan fingerprint density at radius 2 is 1.96 bits per heavy atom. The lowest BCUT2D eigenvalue weighted by Crippen LogP contribution is -2.35. The van der Waals surface area contributed by atoms with E-state index in [-0.39, 0.29) is 10.8 Å². The highest BCUT2D eigenvalue weighted by Gasteiger charge is 2.26. The van der Waals surface area contributed by atoms with Crippen molar-refractivity contribution >= 4 is 28.3 Å². The second-order valence-corrected chi connectivity index (χ2v) is 9.77. The van der Waals surface area contributed by atoms with Gasteiger partial charge in [-0.3, -0.25) is 0 Å². The summed E-state index contributed by atoms with van der Waals surface area (Å²) in [5, 5.41) is 0.164. The highest BCUT2D eigenvalue weighted by Crippen LogP contribution is 2.37. The van der Waals surface area contributed by atoms with Crippen molar-refractivity contribution in [1.29, 1.82) is 0 Å². The number of nitrogens with one attached hydrogen (secondary N) is 1. The SMILES string of the molecule is CC[C@@H](N[S@](=O)C(C)(C)C)c1ccc(Cl)c(Oc2ccc(N)c(C)c2)c1F. The fourth-order valence-corrected chi connectivity index (χ4v) is 3.50. The van der Waals surface area contributed by atoms with Crippen LogP contribution >= 0.6 is 11.6 Å². The maximum Gasteiger partial charge on any atom is 0.181 e. The standard InChI is InChI=1S/C20H26ClFN2O2S/c1-6-17(24-27(25)20(3,4)5)14-8-9-15(21)19(18(14)22)26-13-7-10-16(23)12(2)11-13/h7-11,17,24H,6,23H2,1-5H3/t17-,27-/m1/s1. The maximum atomic E-state index is 15.2. The molecule has 148 valence electrons. The van der Waals surface area contributed by atoms with E-state index in [1.807, 2.05) is 34.6 Å². The van der Waals surface area contributed by atoms with Crippen molar-refractivity contribution in [2.75, 3.05) is 5.73 Å². The number of benzene rings is 2. The maximum absolute atomic E-state index is 15.2. The fraction of sp³-hybridized carbons (Fsp3) is 0.400. The van der Waals surface area contributed by atoms with Gasteiger partial charge in [-0.2, -0.15) is 0 Å². The third-order valence-electron chi connectivity index (χ3n) is 4.13. The molecule has 3 N–H and O–H groups in total. The Hall–Kier alpha value is -1.63. The van der Waals surface area contributed by atoms with E-state index < -0.39 is 27.6 Å². The molecule has 0 radical (unpaired) electrons. The van der Waals surface area contributed by atoms with Crippen LogP contribution in [0, 0.1) is 12.7 Å². The first-order valence-corrected chi connectivity index (χ1v) is 10.3. The summed E-state index contributed by atoms with van der Waals surface area (Å²) in [7, 11) is -1.34. The van der Waals surface area contributed by atoms with Crippen LogP contribution in [0.3, 0.4) is 0 Å². The summed E-state index contributed by atoms with van der Waals surface area (Å²) in [5.74, 6) is -0.179. The number of anilines is 1. The van der Waals surface area contributed by atoms with Crippen molar-refractivity contribution < 1.29 is 13.3 Å². The number of nitrogens with two attached hydrogens (primary N) is 1. The van der Waals surface area contributed by atoms with Crippen LogP contribution in [0.4, 0.5) is 10.1 Å². The summed E-state index contributed by atoms with van der Waals surface area (Å²) in [6.07, 6.45) is 0.556. The van der Waals surface area contributed by atoms with Gasteiger partial charge in [-0.25, -0.2) is 13.3 Å². The zero-order valence-corrected chi connectivity index (χ0v) is 17.8. The minimum Gasteiger partial charge on any atom is -0.453 e. The molecule has 0 aliphatic heterocycles. The molecule has 0 aliphatic carbocycles. The lowest BCUT2D eigenvalue weighted by Gasteiger charge is -2.24. The van der Waals surface area contributed by atoms with Gasteiger partial charge in [-0.05, 0) is 63.9 Å². The molecule has 0 spiro atoms. The number of nitrogen functional groups attached to an aromatic ring is 1. The van der Waals surface area contributed by atoms with Gasteiger partial charge in [-0.1, -0.05) is 24.6 Å². The summed E-state index contributed by atoms with van der Waals surface area (Å²) in [5.41, 5.74) is 7.63. The van der Waals surface area contributed by atoms with E-state index in [4.69, 9.17) is 22.1 Å². The zero-order valence-electron chi connectivity index (χ0n) is 16.2. The number of halogens is 2. The van der Waals surface area contributed by atoms with Gasteiger partial charge >= 0.3 is 0 Å². The van der Waals surface area contributed by atoms with Gasteiger partial charge in [0.2, 0.25) is 0 Å². The van der Waals surface area contributed by atoms with Crippen molar-refractivity contribution in [3.63, 3.8) is 0 Å². The lowest BCUT2D eigenvalue weighted by atomic mass is 10.0. The molecule has 0 fully saturated rings. The number of aryl methyl sites for hydroxylation is 1. The van der Waals surface area contributed by atoms with E-state index in [1.165, 1.54) is 0 Å². The van der Waals surface area contributed by atoms with Crippen molar-refractivity contribution in [3.8, 4) is 11.5 Å². The molecule has 27 heavy (non-hydrogen) atoms. The van der Waals surface area contributed by atoms with Crippen molar-refractivity contribution in [2.24, 2.45) is 0 Å². The number of ether oxygens (including phenoxy) is 1. The van der Waals surface area contributed by atoms with Crippen LogP contribution in [0.1, 0.15) is 51.3 Å². The van der Waals surface area contributed by atoms with E-state index in [2.05, 4.69) is 4.72 Å². The van der Waals surface area contributed by atoms with E-state index in [1.54, 1.807) is 30.3 Å². The quantitative estimate of drug-likeness (QED) is 0.601. The zero-order chi connectivity index (χ0) is 20.4. The lowest BCUT2D eigenvalue weighted by molar-refractivity contribution is 0.432. The number of rotatable bonds is 6. The second-order valence-electron chi connectivity index (χ2n) is 7.36. The molecule has 0 aliphatic rings. The second kappa shape index (κ2) is 8.59. The number of hydrogen-bond donors (Lipinski definition) is 2. The first kappa shape index (κ1) is 21.7. The van der Waals surface area contributed by atoms with Gasteiger partial charge in [0.05, 0.1) is 20.8 Å². The first-order chi connectivity index (χ1) is 12.5. The summed E-state index contributed by atoms with van der Waals surface area (Å²) < 4.78 is 35.9. The van der Waals surface area contributed by atoms with Crippen LogP contribution in [-0.2, 0) is 11.0 Å². The van der Waals surface area contributed by atoms with Crippen LogP contribution in [-0.4, -0.2) is 8.96 Å². The van der Waals surface area contributed by atoms with Crippen LogP contribution in [0.15, 0.2) is 30.3 Å². The Morgan fingerprint density at radius 3 is 2.52 bits per heavy atom. The van der Waals surface area contributed by atoms with Crippen LogP contribution in [0.2, 0.25) is 5.02 Å². The average molecular weight is 413 g/mol. The molecule has 0 heterocycles. The topological polar surface area (TPSA) is 64.3 Å². The molecule has 2 rings (SSSR count). The van der Waals surface area contributed by atoms with Crippen molar-refractivity contribution in [2.45, 2.75) is 51.8 Å². The number of hydrogen-bond acceptors (Lipinski definition) is 3. The molecule has 0 aromatic heterocycles. The van der Waals surface area contributed by atoms with E-state index >= 15 is 4.39 Å². The Morgan fingerprint density at radius 1 is 1.30 bits per heavy atom. The predicted molar refractivity (Wildman–Crippen MR) is 111 cm³/mol. The van der Waals surface area contributed by atoms with Gasteiger partial charge in [0.25, 0.3) is 0 Å². The van der Waals surface area contributed by atoms with Gasteiger partial charge in [-0.15, -0.1) is 0 Å². The molecule has 2 aromatic carbocycles. The van der Waals surface area contributed by atoms with Crippen molar-refractivity contribution in [3.05, 3.63) is 52.3 Å². The molecular formula is C20H26ClFN2O2S. The Labute approximate surface area is 167 Å². The van der Waals surface area contributed by atoms with Crippen LogP contribution < -0.4 is 15.2 Å². The Bertz CT molecular complexity index is 853. The molecule has 0 amide bonds. The van der Waals surface area contributed by atoms with Crippen molar-refractivity contribution in [1.82, 2.24) is 4.72 Å². The molecule has 4 nitrogen and oxygen atoms in total. The third kappa shape index (κ3) is 5.21. The monoisotopic (exact) mass is 412 g/mol. The van der Waals surface area contributed by atoms with Gasteiger partial charge < -0.3 is 10.5 Å². The van der Waals surface area contributed by atoms with E-state index in [9.17, 15) is 4.21 Å². The molecular weight excluding hydrogens is 387 g/mol. The summed E-state index contributed by atoms with van der Waals surface area (Å²) in [6.45, 7) is 9.32. The molecule has 2 atom stereocenters.